The first-order valence-electron chi connectivity index (χ1n) is 3.57. The Morgan fingerprint density at radius 1 is 1.36 bits per heavy atom. The van der Waals surface area contributed by atoms with Crippen LogP contribution in [0.5, 0.6) is 0 Å². The first-order chi connectivity index (χ1) is 5.29. The molecule has 60 valence electrons. The molecule has 11 heavy (non-hydrogen) atoms. The van der Waals surface area contributed by atoms with Crippen molar-refractivity contribution >= 4 is 0 Å². The summed E-state index contributed by atoms with van der Waals surface area (Å²) in [6, 6.07) is 9.83. The number of hydroxylamine groups is 1. The maximum atomic E-state index is 10.5. The second-order valence-corrected chi connectivity index (χ2v) is 2.40. The number of rotatable bonds is 3. The third-order valence-corrected chi connectivity index (χ3v) is 1.38. The van der Waals surface area contributed by atoms with Gasteiger partial charge < -0.3 is 5.21 Å². The zero-order chi connectivity index (χ0) is 8.10. The molecule has 1 rings (SSSR count). The van der Waals surface area contributed by atoms with Crippen molar-refractivity contribution < 1.29 is 5.17 Å². The van der Waals surface area contributed by atoms with Crippen LogP contribution in [0.4, 0.5) is 0 Å². The van der Waals surface area contributed by atoms with Gasteiger partial charge in [-0.05, 0) is 5.56 Å². The van der Waals surface area contributed by atoms with Crippen LogP contribution in [0.3, 0.4) is 0 Å². The molecular formula is C8H12N2O. The van der Waals surface area contributed by atoms with Crippen molar-refractivity contribution in [2.24, 2.45) is 0 Å². The molecule has 0 saturated carbocycles. The van der Waals surface area contributed by atoms with Gasteiger partial charge in [0.1, 0.15) is 0 Å². The van der Waals surface area contributed by atoms with Gasteiger partial charge in [0.05, 0.1) is 13.6 Å². The largest absolute Gasteiger partial charge is 0.613 e. The lowest BCUT2D eigenvalue weighted by molar-refractivity contribution is -0.877. The average Bonchev–Trinajstić information content (AvgIpc) is 2.03. The molecule has 0 aliphatic rings. The predicted molar refractivity (Wildman–Crippen MR) is 43.5 cm³/mol. The Morgan fingerprint density at radius 3 is 2.55 bits per heavy atom. The highest BCUT2D eigenvalue weighted by Crippen LogP contribution is 1.95. The third kappa shape index (κ3) is 3.13. The number of hydrogen-bond acceptors (Lipinski definition) is 2. The smallest absolute Gasteiger partial charge is 0.0839 e. The second-order valence-electron chi connectivity index (χ2n) is 2.40. The molecule has 3 nitrogen and oxygen atoms in total. The molecule has 0 bridgehead atoms. The lowest BCUT2D eigenvalue weighted by atomic mass is 10.2. The van der Waals surface area contributed by atoms with Crippen molar-refractivity contribution in [2.45, 2.75) is 6.54 Å². The Kier molecular flexibility index (Phi) is 3.04. The molecule has 0 saturated heterocycles. The van der Waals surface area contributed by atoms with Gasteiger partial charge in [-0.25, -0.2) is 0 Å². The highest BCUT2D eigenvalue weighted by Gasteiger charge is 1.90. The number of hydrogen-bond donors (Lipinski definition) is 2. The van der Waals surface area contributed by atoms with Crippen LogP contribution in [0.2, 0.25) is 0 Å². The lowest BCUT2D eigenvalue weighted by Gasteiger charge is -2.15. The lowest BCUT2D eigenvalue weighted by Crippen LogP contribution is -3.11. The van der Waals surface area contributed by atoms with E-state index in [2.05, 4.69) is 5.43 Å². The molecule has 0 radical (unpaired) electrons. The van der Waals surface area contributed by atoms with Gasteiger partial charge >= 0.3 is 0 Å². The van der Waals surface area contributed by atoms with Gasteiger partial charge in [0.25, 0.3) is 0 Å². The van der Waals surface area contributed by atoms with Crippen molar-refractivity contribution in [3.05, 3.63) is 41.1 Å². The summed E-state index contributed by atoms with van der Waals surface area (Å²) in [6.45, 7) is 0.621. The van der Waals surface area contributed by atoms with Gasteiger partial charge in [-0.1, -0.05) is 30.3 Å². The normalized spacial score (nSPS) is 12.9. The minimum atomic E-state index is 0.00820. The molecular weight excluding hydrogens is 140 g/mol. The van der Waals surface area contributed by atoms with E-state index in [0.29, 0.717) is 6.54 Å². The number of nitrogens with one attached hydrogen (secondary N) is 2. The zero-order valence-electron chi connectivity index (χ0n) is 6.50. The molecule has 0 aromatic heterocycles. The molecule has 0 fully saturated rings. The quantitative estimate of drug-likeness (QED) is 0.584. The van der Waals surface area contributed by atoms with Crippen LogP contribution in [0.25, 0.3) is 0 Å². The molecule has 2 N–H and O–H groups in total. The summed E-state index contributed by atoms with van der Waals surface area (Å²) in [4.78, 5) is 0. The predicted octanol–water partition coefficient (Wildman–Crippen LogP) is -0.296. The van der Waals surface area contributed by atoms with E-state index in [0.717, 1.165) is 5.56 Å². The number of benzene rings is 1. The van der Waals surface area contributed by atoms with Crippen LogP contribution in [0.1, 0.15) is 5.56 Å². The Hall–Kier alpha value is -0.900. The SMILES string of the molecule is C[NH+]([O-])NCc1ccccc1. The molecule has 0 aliphatic heterocycles. The molecule has 0 heterocycles. The molecule has 1 aromatic rings. The van der Waals surface area contributed by atoms with Crippen LogP contribution in [-0.2, 0) is 6.54 Å². The summed E-state index contributed by atoms with van der Waals surface area (Å²) >= 11 is 0. The summed E-state index contributed by atoms with van der Waals surface area (Å²) in [5, 5.41) is 10.5. The molecule has 1 unspecified atom stereocenters. The molecule has 0 spiro atoms. The van der Waals surface area contributed by atoms with Crippen LogP contribution < -0.4 is 10.6 Å². The van der Waals surface area contributed by atoms with Crippen LogP contribution in [0.15, 0.2) is 30.3 Å². The minimum Gasteiger partial charge on any atom is -0.613 e. The maximum absolute atomic E-state index is 10.5. The van der Waals surface area contributed by atoms with E-state index >= 15 is 0 Å². The Balaban J connectivity index is 2.39. The fraction of sp³-hybridized carbons (Fsp3) is 0.250. The van der Waals surface area contributed by atoms with E-state index in [9.17, 15) is 5.21 Å². The Morgan fingerprint density at radius 2 is 2.00 bits per heavy atom. The van der Waals surface area contributed by atoms with Gasteiger partial charge in [-0.3, -0.25) is 5.17 Å². The van der Waals surface area contributed by atoms with Gasteiger partial charge in [0, 0.05) is 0 Å². The number of quaternary nitrogens is 1. The van der Waals surface area contributed by atoms with E-state index < -0.39 is 0 Å². The van der Waals surface area contributed by atoms with E-state index in [1.165, 1.54) is 7.05 Å². The van der Waals surface area contributed by atoms with Crippen molar-refractivity contribution in [1.82, 2.24) is 5.43 Å². The fourth-order valence-corrected chi connectivity index (χ4v) is 0.822. The highest BCUT2D eigenvalue weighted by molar-refractivity contribution is 5.13. The summed E-state index contributed by atoms with van der Waals surface area (Å²) in [5.41, 5.74) is 3.85. The molecule has 3 heteroatoms. The second kappa shape index (κ2) is 4.08. The minimum absolute atomic E-state index is 0.00820. The summed E-state index contributed by atoms with van der Waals surface area (Å²) < 4.78 is 0. The van der Waals surface area contributed by atoms with Crippen molar-refractivity contribution in [2.75, 3.05) is 7.05 Å². The van der Waals surface area contributed by atoms with Gasteiger partial charge in [-0.15, -0.1) is 0 Å². The van der Waals surface area contributed by atoms with E-state index in [4.69, 9.17) is 0 Å². The Bertz CT molecular complexity index is 199. The topological polar surface area (TPSA) is 39.5 Å². The average molecular weight is 152 g/mol. The molecule has 1 atom stereocenters. The van der Waals surface area contributed by atoms with E-state index in [-0.39, 0.29) is 5.17 Å². The molecule has 1 aromatic carbocycles. The first kappa shape index (κ1) is 8.20. The summed E-state index contributed by atoms with van der Waals surface area (Å²) in [5.74, 6) is 0. The van der Waals surface area contributed by atoms with E-state index in [1.54, 1.807) is 0 Å². The molecule has 0 aliphatic carbocycles. The van der Waals surface area contributed by atoms with Crippen LogP contribution in [0, 0.1) is 5.21 Å². The Labute approximate surface area is 66.2 Å². The van der Waals surface area contributed by atoms with Gasteiger partial charge in [0.2, 0.25) is 0 Å². The van der Waals surface area contributed by atoms with Gasteiger partial charge in [0.15, 0.2) is 0 Å². The summed E-state index contributed by atoms with van der Waals surface area (Å²) in [7, 11) is 1.52. The standard InChI is InChI=1S/C8H12N2O/c1-10(11)9-7-8-5-3-2-4-6-8/h2-6,9-10H,7H2,1H3. The molecule has 0 amide bonds. The van der Waals surface area contributed by atoms with Gasteiger partial charge in [-0.2, -0.15) is 5.43 Å². The maximum Gasteiger partial charge on any atom is 0.0839 e. The first-order valence-corrected chi connectivity index (χ1v) is 3.57. The zero-order valence-corrected chi connectivity index (χ0v) is 6.50. The highest BCUT2D eigenvalue weighted by atomic mass is 16.5. The van der Waals surface area contributed by atoms with Crippen molar-refractivity contribution in [3.63, 3.8) is 0 Å². The monoisotopic (exact) mass is 152 g/mol. The van der Waals surface area contributed by atoms with E-state index in [1.807, 2.05) is 30.3 Å². The van der Waals surface area contributed by atoms with Crippen molar-refractivity contribution in [1.29, 1.82) is 0 Å². The van der Waals surface area contributed by atoms with Crippen LogP contribution in [-0.4, -0.2) is 7.05 Å². The van der Waals surface area contributed by atoms with Crippen molar-refractivity contribution in [3.8, 4) is 0 Å². The fourth-order valence-electron chi connectivity index (χ4n) is 0.822. The summed E-state index contributed by atoms with van der Waals surface area (Å²) in [6.07, 6.45) is 0. The third-order valence-electron chi connectivity index (χ3n) is 1.38. The van der Waals surface area contributed by atoms with Crippen LogP contribution >= 0.6 is 0 Å².